The van der Waals surface area contributed by atoms with Crippen LogP contribution in [0.5, 0.6) is 0 Å². The van der Waals surface area contributed by atoms with Gasteiger partial charge in [0.2, 0.25) is 15.9 Å². The number of nitrogens with zero attached hydrogens (tertiary/aromatic N) is 2. The Labute approximate surface area is 202 Å². The van der Waals surface area contributed by atoms with Crippen molar-refractivity contribution in [3.8, 4) is 0 Å². The van der Waals surface area contributed by atoms with Gasteiger partial charge in [-0.3, -0.25) is 9.69 Å². The molecule has 0 unspecified atom stereocenters. The molecule has 0 radical (unpaired) electrons. The van der Waals surface area contributed by atoms with Crippen molar-refractivity contribution >= 4 is 21.9 Å². The molecule has 0 aromatic heterocycles. The number of rotatable bonds is 8. The number of benzene rings is 1. The molecule has 34 heavy (non-hydrogen) atoms. The largest absolute Gasteiger partial charge is 0.458 e. The summed E-state index contributed by atoms with van der Waals surface area (Å²) in [5.74, 6) is -0.980. The molecule has 0 spiro atoms. The third-order valence-corrected chi connectivity index (χ3v) is 7.90. The van der Waals surface area contributed by atoms with Crippen LogP contribution in [0.1, 0.15) is 45.6 Å². The lowest BCUT2D eigenvalue weighted by Crippen LogP contribution is -2.52. The van der Waals surface area contributed by atoms with Crippen LogP contribution in [0.15, 0.2) is 29.2 Å². The van der Waals surface area contributed by atoms with E-state index in [1.165, 1.54) is 4.31 Å². The Balaban J connectivity index is 1.72. The Morgan fingerprint density at radius 2 is 1.79 bits per heavy atom. The number of nitrogens with one attached hydrogen (secondary N) is 1. The summed E-state index contributed by atoms with van der Waals surface area (Å²) in [7, 11) is -3.83. The summed E-state index contributed by atoms with van der Waals surface area (Å²) in [4.78, 5) is 28.5. The van der Waals surface area contributed by atoms with Crippen LogP contribution in [-0.4, -0.2) is 86.6 Å². The number of aryl methyl sites for hydroxylation is 1. The first kappa shape index (κ1) is 26.6. The summed E-state index contributed by atoms with van der Waals surface area (Å²) < 4.78 is 38.6. The van der Waals surface area contributed by atoms with Crippen LogP contribution >= 0.6 is 0 Å². The minimum Gasteiger partial charge on any atom is -0.458 e. The molecule has 2 atom stereocenters. The van der Waals surface area contributed by atoms with Crippen LogP contribution in [0.4, 0.5) is 0 Å². The second-order valence-corrected chi connectivity index (χ2v) is 11.8. The van der Waals surface area contributed by atoms with Gasteiger partial charge in [-0.05, 0) is 59.1 Å². The van der Waals surface area contributed by atoms with Crippen LogP contribution in [0.25, 0.3) is 0 Å². The van der Waals surface area contributed by atoms with Gasteiger partial charge in [-0.25, -0.2) is 13.2 Å². The first-order valence-corrected chi connectivity index (χ1v) is 13.3. The third kappa shape index (κ3) is 7.00. The lowest BCUT2D eigenvalue weighted by Gasteiger charge is -2.30. The summed E-state index contributed by atoms with van der Waals surface area (Å²) in [5, 5.41) is 2.81. The Morgan fingerprint density at radius 3 is 2.41 bits per heavy atom. The quantitative estimate of drug-likeness (QED) is 0.547. The molecule has 3 rings (SSSR count). The number of morpholine rings is 1. The van der Waals surface area contributed by atoms with Crippen molar-refractivity contribution in [3.63, 3.8) is 0 Å². The maximum atomic E-state index is 13.3. The normalized spacial score (nSPS) is 21.2. The molecule has 190 valence electrons. The van der Waals surface area contributed by atoms with E-state index in [1.54, 1.807) is 45.0 Å². The van der Waals surface area contributed by atoms with Gasteiger partial charge in [-0.15, -0.1) is 0 Å². The molecule has 2 aliphatic heterocycles. The zero-order valence-corrected chi connectivity index (χ0v) is 21.4. The van der Waals surface area contributed by atoms with E-state index in [2.05, 4.69) is 10.2 Å². The summed E-state index contributed by atoms with van der Waals surface area (Å²) >= 11 is 0. The van der Waals surface area contributed by atoms with Crippen molar-refractivity contribution < 1.29 is 27.5 Å². The lowest BCUT2D eigenvalue weighted by molar-refractivity contribution is -0.159. The molecule has 0 aliphatic carbocycles. The number of ether oxygens (including phenoxy) is 2. The van der Waals surface area contributed by atoms with Crippen molar-refractivity contribution in [2.45, 2.75) is 69.5 Å². The van der Waals surface area contributed by atoms with Gasteiger partial charge in [0.15, 0.2) is 0 Å². The maximum absolute atomic E-state index is 13.3. The second-order valence-electron chi connectivity index (χ2n) is 9.92. The minimum absolute atomic E-state index is 0.161. The maximum Gasteiger partial charge on any atom is 0.329 e. The Bertz CT molecular complexity index is 952. The molecule has 0 saturated carbocycles. The summed E-state index contributed by atoms with van der Waals surface area (Å²) in [5.41, 5.74) is 0.253. The van der Waals surface area contributed by atoms with Gasteiger partial charge in [0.25, 0.3) is 0 Å². The molecule has 2 aliphatic rings. The van der Waals surface area contributed by atoms with Gasteiger partial charge in [0, 0.05) is 26.2 Å². The molecule has 1 amide bonds. The fourth-order valence-corrected chi connectivity index (χ4v) is 5.82. The highest BCUT2D eigenvalue weighted by atomic mass is 32.2. The van der Waals surface area contributed by atoms with Crippen LogP contribution in [0.2, 0.25) is 0 Å². The fourth-order valence-electron chi connectivity index (χ4n) is 4.16. The van der Waals surface area contributed by atoms with Crippen molar-refractivity contribution in [2.75, 3.05) is 39.4 Å². The van der Waals surface area contributed by atoms with Crippen LogP contribution < -0.4 is 5.32 Å². The van der Waals surface area contributed by atoms with Gasteiger partial charge in [-0.2, -0.15) is 4.31 Å². The van der Waals surface area contributed by atoms with Crippen LogP contribution in [0, 0.1) is 6.92 Å². The topological polar surface area (TPSA) is 105 Å². The average Bonchev–Trinajstić information content (AvgIpc) is 3.27. The average molecular weight is 496 g/mol. The number of hydrogen-bond acceptors (Lipinski definition) is 7. The van der Waals surface area contributed by atoms with E-state index in [1.807, 2.05) is 6.92 Å². The van der Waals surface area contributed by atoms with E-state index in [-0.39, 0.29) is 11.4 Å². The molecular formula is C24H37N3O6S. The Morgan fingerprint density at radius 1 is 1.15 bits per heavy atom. The van der Waals surface area contributed by atoms with E-state index >= 15 is 0 Å². The molecule has 1 aromatic carbocycles. The number of sulfonamides is 1. The van der Waals surface area contributed by atoms with Gasteiger partial charge < -0.3 is 14.8 Å². The molecule has 2 fully saturated rings. The SMILES string of the molecule is Cc1ccc(S(=O)(=O)N2CCC[C@@H]2C(=O)N[C@@H](CCN2CCOCC2)C(=O)OC(C)(C)C)cc1. The van der Waals surface area contributed by atoms with Gasteiger partial charge >= 0.3 is 5.97 Å². The number of esters is 1. The lowest BCUT2D eigenvalue weighted by atomic mass is 10.1. The van der Waals surface area contributed by atoms with Crippen molar-refractivity contribution in [1.29, 1.82) is 0 Å². The second kappa shape index (κ2) is 11.2. The highest BCUT2D eigenvalue weighted by molar-refractivity contribution is 7.89. The first-order valence-electron chi connectivity index (χ1n) is 11.9. The standard InChI is InChI=1S/C24H37N3O6S/c1-18-7-9-19(10-8-18)34(30,31)27-12-5-6-21(27)22(28)25-20(23(29)33-24(2,3)4)11-13-26-14-16-32-17-15-26/h7-10,20-21H,5-6,11-17H2,1-4H3,(H,25,28)/t20-,21+/m0/s1. The zero-order chi connectivity index (χ0) is 24.9. The number of carbonyl (C=O) groups is 2. The highest BCUT2D eigenvalue weighted by Gasteiger charge is 2.41. The molecular weight excluding hydrogens is 458 g/mol. The molecule has 10 heteroatoms. The number of amides is 1. The third-order valence-electron chi connectivity index (χ3n) is 5.98. The first-order chi connectivity index (χ1) is 16.0. The zero-order valence-electron chi connectivity index (χ0n) is 20.6. The minimum atomic E-state index is -3.83. The molecule has 1 aromatic rings. The van der Waals surface area contributed by atoms with Crippen LogP contribution in [-0.2, 0) is 29.1 Å². The predicted octanol–water partition coefficient (Wildman–Crippen LogP) is 1.70. The molecule has 2 heterocycles. The van der Waals surface area contributed by atoms with E-state index in [9.17, 15) is 18.0 Å². The highest BCUT2D eigenvalue weighted by Crippen LogP contribution is 2.26. The summed E-state index contributed by atoms with van der Waals surface area (Å²) in [6.07, 6.45) is 1.35. The van der Waals surface area contributed by atoms with Gasteiger partial charge in [-0.1, -0.05) is 17.7 Å². The number of carbonyl (C=O) groups excluding carboxylic acids is 2. The Kier molecular flexibility index (Phi) is 8.72. The fraction of sp³-hybridized carbons (Fsp3) is 0.667. The van der Waals surface area contributed by atoms with E-state index < -0.39 is 39.6 Å². The Hall–Kier alpha value is -2.01. The number of hydrogen-bond donors (Lipinski definition) is 1. The molecule has 0 bridgehead atoms. The molecule has 2 saturated heterocycles. The van der Waals surface area contributed by atoms with Gasteiger partial charge in [0.05, 0.1) is 18.1 Å². The van der Waals surface area contributed by atoms with Crippen molar-refractivity contribution in [3.05, 3.63) is 29.8 Å². The smallest absolute Gasteiger partial charge is 0.329 e. The molecule has 9 nitrogen and oxygen atoms in total. The van der Waals surface area contributed by atoms with Crippen LogP contribution in [0.3, 0.4) is 0 Å². The van der Waals surface area contributed by atoms with E-state index in [0.717, 1.165) is 18.7 Å². The van der Waals surface area contributed by atoms with Crippen molar-refractivity contribution in [2.24, 2.45) is 0 Å². The summed E-state index contributed by atoms with van der Waals surface area (Å²) in [6, 6.07) is 4.87. The summed E-state index contributed by atoms with van der Waals surface area (Å²) in [6.45, 7) is 10.9. The van der Waals surface area contributed by atoms with Gasteiger partial charge in [0.1, 0.15) is 17.7 Å². The van der Waals surface area contributed by atoms with Crippen molar-refractivity contribution in [1.82, 2.24) is 14.5 Å². The molecule has 1 N–H and O–H groups in total. The monoisotopic (exact) mass is 495 g/mol. The predicted molar refractivity (Wildman–Crippen MR) is 128 cm³/mol. The van der Waals surface area contributed by atoms with E-state index in [4.69, 9.17) is 9.47 Å². The van der Waals surface area contributed by atoms with E-state index in [0.29, 0.717) is 39.0 Å².